The molecule has 1 heteroatoms. The molecule has 8 rings (SSSR count). The molecule has 6 aromatic rings. The fourth-order valence-corrected chi connectivity index (χ4v) is 8.29. The second kappa shape index (κ2) is 10.3. The molecular formula is C46H43N. The Balaban J connectivity index is 1.30. The molecular weight excluding hydrogens is 567 g/mol. The molecule has 0 unspecified atom stereocenters. The van der Waals surface area contributed by atoms with E-state index in [9.17, 15) is 0 Å². The Morgan fingerprint density at radius 2 is 0.957 bits per heavy atom. The van der Waals surface area contributed by atoms with E-state index in [-0.39, 0.29) is 16.2 Å². The van der Waals surface area contributed by atoms with E-state index in [0.29, 0.717) is 0 Å². The van der Waals surface area contributed by atoms with E-state index in [2.05, 4.69) is 187 Å². The Bertz CT molecular complexity index is 2170. The molecule has 0 saturated carbocycles. The second-order valence-electron chi connectivity index (χ2n) is 15.5. The minimum absolute atomic E-state index is 0.0727. The van der Waals surface area contributed by atoms with Crippen molar-refractivity contribution in [3.8, 4) is 33.4 Å². The molecule has 0 atom stereocenters. The van der Waals surface area contributed by atoms with E-state index < -0.39 is 0 Å². The quantitative estimate of drug-likeness (QED) is 0.192. The van der Waals surface area contributed by atoms with E-state index in [4.69, 9.17) is 0 Å². The monoisotopic (exact) mass is 609 g/mol. The van der Waals surface area contributed by atoms with Crippen LogP contribution in [0.1, 0.15) is 76.3 Å². The van der Waals surface area contributed by atoms with E-state index in [1.54, 1.807) is 0 Å². The van der Waals surface area contributed by atoms with Gasteiger partial charge in [0.15, 0.2) is 0 Å². The van der Waals surface area contributed by atoms with Gasteiger partial charge in [0, 0.05) is 27.9 Å². The number of rotatable bonds is 4. The number of anilines is 3. The topological polar surface area (TPSA) is 3.24 Å². The standard InChI is InChI=1S/C46H43N/c1-44(2,3)31-22-24-32(25-23-31)47(34-26-27-38-36-16-8-10-20-40(36)45(4,5)42(38)29-34)33-15-12-14-30(28-33)35-18-13-19-39-37-17-9-11-21-41(37)46(6,7)43(35)39/h8-29H,1-7H3. The van der Waals surface area contributed by atoms with Crippen LogP contribution in [0, 0.1) is 0 Å². The summed E-state index contributed by atoms with van der Waals surface area (Å²) in [7, 11) is 0. The van der Waals surface area contributed by atoms with Crippen LogP contribution in [0.5, 0.6) is 0 Å². The van der Waals surface area contributed by atoms with E-state index in [1.165, 1.54) is 66.9 Å². The van der Waals surface area contributed by atoms with Gasteiger partial charge in [-0.3, -0.25) is 0 Å². The molecule has 0 bridgehead atoms. The maximum Gasteiger partial charge on any atom is 0.0467 e. The number of fused-ring (bicyclic) bond motifs is 6. The fraction of sp³-hybridized carbons (Fsp3) is 0.217. The largest absolute Gasteiger partial charge is 0.310 e. The summed E-state index contributed by atoms with van der Waals surface area (Å²) in [5.41, 5.74) is 18.3. The minimum atomic E-state index is -0.0818. The number of nitrogens with zero attached hydrogens (tertiary/aromatic N) is 1. The van der Waals surface area contributed by atoms with Crippen molar-refractivity contribution in [3.63, 3.8) is 0 Å². The highest BCUT2D eigenvalue weighted by molar-refractivity contribution is 5.90. The summed E-state index contributed by atoms with van der Waals surface area (Å²) in [4.78, 5) is 2.44. The average molecular weight is 610 g/mol. The first-order valence-electron chi connectivity index (χ1n) is 17.0. The molecule has 0 N–H and O–H groups in total. The number of hydrogen-bond acceptors (Lipinski definition) is 1. The molecule has 0 radical (unpaired) electrons. The Morgan fingerprint density at radius 3 is 1.66 bits per heavy atom. The molecule has 47 heavy (non-hydrogen) atoms. The van der Waals surface area contributed by atoms with E-state index in [0.717, 1.165) is 11.4 Å². The van der Waals surface area contributed by atoms with Crippen molar-refractivity contribution in [2.24, 2.45) is 0 Å². The van der Waals surface area contributed by atoms with Gasteiger partial charge in [0.05, 0.1) is 0 Å². The zero-order valence-corrected chi connectivity index (χ0v) is 28.6. The number of benzene rings is 6. The van der Waals surface area contributed by atoms with Gasteiger partial charge in [-0.05, 0) is 103 Å². The lowest BCUT2D eigenvalue weighted by atomic mass is 9.79. The zero-order valence-electron chi connectivity index (χ0n) is 28.6. The molecule has 0 aliphatic heterocycles. The van der Waals surface area contributed by atoms with Crippen molar-refractivity contribution in [2.75, 3.05) is 4.90 Å². The van der Waals surface area contributed by atoms with Gasteiger partial charge in [0.2, 0.25) is 0 Å². The molecule has 1 nitrogen and oxygen atoms in total. The van der Waals surface area contributed by atoms with Crippen molar-refractivity contribution >= 4 is 17.1 Å². The van der Waals surface area contributed by atoms with Crippen LogP contribution in [0.3, 0.4) is 0 Å². The van der Waals surface area contributed by atoms with Crippen molar-refractivity contribution in [1.82, 2.24) is 0 Å². The summed E-state index contributed by atoms with van der Waals surface area (Å²) in [5, 5.41) is 0. The zero-order chi connectivity index (χ0) is 32.7. The summed E-state index contributed by atoms with van der Waals surface area (Å²) in [6.07, 6.45) is 0. The van der Waals surface area contributed by atoms with Crippen LogP contribution in [0.15, 0.2) is 133 Å². The van der Waals surface area contributed by atoms with E-state index >= 15 is 0 Å². The molecule has 0 saturated heterocycles. The first kappa shape index (κ1) is 29.5. The maximum absolute atomic E-state index is 2.44. The average Bonchev–Trinajstić information content (AvgIpc) is 3.45. The lowest BCUT2D eigenvalue weighted by Gasteiger charge is -2.29. The van der Waals surface area contributed by atoms with Gasteiger partial charge in [0.1, 0.15) is 0 Å². The Hall–Kier alpha value is -4.88. The van der Waals surface area contributed by atoms with Crippen LogP contribution < -0.4 is 4.90 Å². The molecule has 0 spiro atoms. The summed E-state index contributed by atoms with van der Waals surface area (Å²) in [6, 6.07) is 50.0. The summed E-state index contributed by atoms with van der Waals surface area (Å²) in [6.45, 7) is 16.3. The van der Waals surface area contributed by atoms with Crippen LogP contribution in [-0.4, -0.2) is 0 Å². The predicted molar refractivity (Wildman–Crippen MR) is 200 cm³/mol. The SMILES string of the molecule is CC(C)(C)c1ccc(N(c2cccc(-c3cccc4c3C(C)(C)c3ccccc3-4)c2)c2ccc3c(c2)C(C)(C)c2ccccc2-3)cc1. The molecule has 6 aromatic carbocycles. The van der Waals surface area contributed by atoms with Crippen LogP contribution in [0.2, 0.25) is 0 Å². The maximum atomic E-state index is 2.44. The first-order chi connectivity index (χ1) is 22.5. The van der Waals surface area contributed by atoms with Crippen LogP contribution in [0.4, 0.5) is 17.1 Å². The van der Waals surface area contributed by atoms with Crippen LogP contribution in [0.25, 0.3) is 33.4 Å². The third-order valence-electron chi connectivity index (χ3n) is 10.8. The normalized spacial score (nSPS) is 15.0. The summed E-state index contributed by atoms with van der Waals surface area (Å²) >= 11 is 0. The van der Waals surface area contributed by atoms with E-state index in [1.807, 2.05) is 0 Å². The summed E-state index contributed by atoms with van der Waals surface area (Å²) in [5.74, 6) is 0. The molecule has 0 fully saturated rings. The smallest absolute Gasteiger partial charge is 0.0467 e. The molecule has 0 amide bonds. The third kappa shape index (κ3) is 4.51. The highest BCUT2D eigenvalue weighted by Gasteiger charge is 2.38. The molecule has 0 heterocycles. The predicted octanol–water partition coefficient (Wildman–Crippen LogP) is 12.7. The number of hydrogen-bond donors (Lipinski definition) is 0. The van der Waals surface area contributed by atoms with Gasteiger partial charge in [0.25, 0.3) is 0 Å². The van der Waals surface area contributed by atoms with Crippen molar-refractivity contribution < 1.29 is 0 Å². The lowest BCUT2D eigenvalue weighted by Crippen LogP contribution is -2.17. The molecule has 0 aromatic heterocycles. The molecule has 2 aliphatic carbocycles. The van der Waals surface area contributed by atoms with Crippen LogP contribution in [-0.2, 0) is 16.2 Å². The second-order valence-corrected chi connectivity index (χ2v) is 15.5. The highest BCUT2D eigenvalue weighted by Crippen LogP contribution is 2.53. The Morgan fingerprint density at radius 1 is 0.426 bits per heavy atom. The van der Waals surface area contributed by atoms with Crippen LogP contribution >= 0.6 is 0 Å². The van der Waals surface area contributed by atoms with Gasteiger partial charge in [-0.25, -0.2) is 0 Å². The highest BCUT2D eigenvalue weighted by atomic mass is 15.1. The molecule has 2 aliphatic rings. The first-order valence-corrected chi connectivity index (χ1v) is 17.0. The molecule has 232 valence electrons. The van der Waals surface area contributed by atoms with Gasteiger partial charge in [-0.1, -0.05) is 146 Å². The fourth-order valence-electron chi connectivity index (χ4n) is 8.29. The van der Waals surface area contributed by atoms with Gasteiger partial charge in [-0.15, -0.1) is 0 Å². The van der Waals surface area contributed by atoms with Gasteiger partial charge < -0.3 is 4.90 Å². The third-order valence-corrected chi connectivity index (χ3v) is 10.8. The Kier molecular flexibility index (Phi) is 6.48. The minimum Gasteiger partial charge on any atom is -0.310 e. The van der Waals surface area contributed by atoms with Crippen molar-refractivity contribution in [2.45, 2.75) is 64.7 Å². The lowest BCUT2D eigenvalue weighted by molar-refractivity contribution is 0.590. The van der Waals surface area contributed by atoms with Gasteiger partial charge >= 0.3 is 0 Å². The van der Waals surface area contributed by atoms with Gasteiger partial charge in [-0.2, -0.15) is 0 Å². The Labute approximate surface area is 280 Å². The van der Waals surface area contributed by atoms with Crippen molar-refractivity contribution in [3.05, 3.63) is 161 Å². The van der Waals surface area contributed by atoms with Crippen molar-refractivity contribution in [1.29, 1.82) is 0 Å². The summed E-state index contributed by atoms with van der Waals surface area (Å²) < 4.78 is 0.